The number of hydrogen-bond acceptors (Lipinski definition) is 4. The Labute approximate surface area is 154 Å². The third-order valence-electron chi connectivity index (χ3n) is 5.83. The SMILES string of the molecule is COc1ccc(C2=C(N3CCCC3)C(=O)N(C3CCCCC3)C2=O)cc1. The summed E-state index contributed by atoms with van der Waals surface area (Å²) in [7, 11) is 1.62. The second kappa shape index (κ2) is 7.14. The molecule has 1 aliphatic carbocycles. The van der Waals surface area contributed by atoms with E-state index in [-0.39, 0.29) is 17.9 Å². The molecular formula is C21H26N2O3. The summed E-state index contributed by atoms with van der Waals surface area (Å²) >= 11 is 0. The molecule has 0 N–H and O–H groups in total. The maximum absolute atomic E-state index is 13.3. The summed E-state index contributed by atoms with van der Waals surface area (Å²) in [6.07, 6.45) is 7.40. The third-order valence-corrected chi connectivity index (χ3v) is 5.83. The summed E-state index contributed by atoms with van der Waals surface area (Å²) in [5, 5.41) is 0. The average Bonchev–Trinajstić information content (AvgIpc) is 3.29. The fourth-order valence-electron chi connectivity index (χ4n) is 4.46. The van der Waals surface area contributed by atoms with Gasteiger partial charge >= 0.3 is 0 Å². The minimum atomic E-state index is -0.117. The van der Waals surface area contributed by atoms with Gasteiger partial charge in [-0.2, -0.15) is 0 Å². The fraction of sp³-hybridized carbons (Fsp3) is 0.524. The molecule has 5 nitrogen and oxygen atoms in total. The molecule has 5 heteroatoms. The largest absolute Gasteiger partial charge is 0.497 e. The molecule has 138 valence electrons. The van der Waals surface area contributed by atoms with Crippen molar-refractivity contribution < 1.29 is 14.3 Å². The van der Waals surface area contributed by atoms with Gasteiger partial charge in [-0.15, -0.1) is 0 Å². The molecule has 3 aliphatic rings. The van der Waals surface area contributed by atoms with E-state index in [0.29, 0.717) is 11.3 Å². The van der Waals surface area contributed by atoms with Gasteiger partial charge in [0.05, 0.1) is 12.7 Å². The van der Waals surface area contributed by atoms with Gasteiger partial charge in [0, 0.05) is 19.1 Å². The predicted molar refractivity (Wildman–Crippen MR) is 99.4 cm³/mol. The first-order valence-electron chi connectivity index (χ1n) is 9.72. The Kier molecular flexibility index (Phi) is 4.70. The molecule has 2 fully saturated rings. The third kappa shape index (κ3) is 2.89. The standard InChI is InChI=1S/C21H26N2O3/c1-26-17-11-9-15(10-12-17)18-19(22-13-5-6-14-22)21(25)23(20(18)24)16-7-3-2-4-8-16/h9-12,16H,2-8,13-14H2,1H3. The van der Waals surface area contributed by atoms with Gasteiger partial charge < -0.3 is 9.64 Å². The number of ether oxygens (including phenoxy) is 1. The molecule has 0 radical (unpaired) electrons. The smallest absolute Gasteiger partial charge is 0.278 e. The lowest BCUT2D eigenvalue weighted by Crippen LogP contribution is -2.43. The van der Waals surface area contributed by atoms with Gasteiger partial charge in [-0.05, 0) is 43.4 Å². The van der Waals surface area contributed by atoms with Gasteiger partial charge in [0.25, 0.3) is 11.8 Å². The van der Waals surface area contributed by atoms with Gasteiger partial charge in [0.1, 0.15) is 11.4 Å². The molecule has 26 heavy (non-hydrogen) atoms. The molecule has 0 atom stereocenters. The topological polar surface area (TPSA) is 49.9 Å². The number of carbonyl (C=O) groups excluding carboxylic acids is 2. The van der Waals surface area contributed by atoms with E-state index in [1.807, 2.05) is 24.3 Å². The van der Waals surface area contributed by atoms with E-state index in [1.165, 1.54) is 6.42 Å². The Morgan fingerprint density at radius 1 is 0.885 bits per heavy atom. The predicted octanol–water partition coefficient (Wildman–Crippen LogP) is 3.20. The minimum Gasteiger partial charge on any atom is -0.497 e. The van der Waals surface area contributed by atoms with Crippen molar-refractivity contribution in [3.63, 3.8) is 0 Å². The van der Waals surface area contributed by atoms with Crippen LogP contribution in [-0.2, 0) is 9.59 Å². The number of rotatable bonds is 4. The van der Waals surface area contributed by atoms with Gasteiger partial charge in [0.15, 0.2) is 0 Å². The molecule has 1 saturated carbocycles. The van der Waals surface area contributed by atoms with Crippen LogP contribution < -0.4 is 4.74 Å². The Bertz CT molecular complexity index is 726. The van der Waals surface area contributed by atoms with Crippen LogP contribution in [-0.4, -0.2) is 47.9 Å². The Hall–Kier alpha value is -2.30. The molecule has 0 spiro atoms. The Balaban J connectivity index is 1.74. The lowest BCUT2D eigenvalue weighted by molar-refractivity contribution is -0.140. The van der Waals surface area contributed by atoms with E-state index < -0.39 is 0 Å². The second-order valence-electron chi connectivity index (χ2n) is 7.42. The van der Waals surface area contributed by atoms with Crippen molar-refractivity contribution in [3.8, 4) is 5.75 Å². The summed E-state index contributed by atoms with van der Waals surface area (Å²) in [6, 6.07) is 7.53. The molecule has 0 bridgehead atoms. The Morgan fingerprint density at radius 2 is 1.54 bits per heavy atom. The maximum Gasteiger partial charge on any atom is 0.278 e. The fourth-order valence-corrected chi connectivity index (χ4v) is 4.46. The lowest BCUT2D eigenvalue weighted by atomic mass is 9.94. The van der Waals surface area contributed by atoms with Crippen LogP contribution in [0.2, 0.25) is 0 Å². The van der Waals surface area contributed by atoms with Crippen molar-refractivity contribution in [2.24, 2.45) is 0 Å². The van der Waals surface area contributed by atoms with Gasteiger partial charge in [-0.3, -0.25) is 14.5 Å². The highest BCUT2D eigenvalue weighted by molar-refractivity contribution is 6.35. The van der Waals surface area contributed by atoms with E-state index in [0.717, 1.165) is 62.9 Å². The molecule has 0 aromatic heterocycles. The van der Waals surface area contributed by atoms with E-state index in [2.05, 4.69) is 4.90 Å². The van der Waals surface area contributed by atoms with Gasteiger partial charge in [0.2, 0.25) is 0 Å². The van der Waals surface area contributed by atoms with Crippen LogP contribution >= 0.6 is 0 Å². The van der Waals surface area contributed by atoms with Gasteiger partial charge in [-0.25, -0.2) is 0 Å². The van der Waals surface area contributed by atoms with Crippen molar-refractivity contribution in [3.05, 3.63) is 35.5 Å². The number of imide groups is 1. The number of benzene rings is 1. The Morgan fingerprint density at radius 3 is 2.15 bits per heavy atom. The summed E-state index contributed by atoms with van der Waals surface area (Å²) in [5.74, 6) is 0.543. The summed E-state index contributed by atoms with van der Waals surface area (Å²) in [6.45, 7) is 1.71. The van der Waals surface area contributed by atoms with Crippen LogP contribution in [0, 0.1) is 0 Å². The molecular weight excluding hydrogens is 328 g/mol. The lowest BCUT2D eigenvalue weighted by Gasteiger charge is -2.30. The normalized spacial score (nSPS) is 21.9. The van der Waals surface area contributed by atoms with Crippen LogP contribution in [0.4, 0.5) is 0 Å². The monoisotopic (exact) mass is 354 g/mol. The first-order valence-corrected chi connectivity index (χ1v) is 9.72. The molecule has 1 aromatic rings. The molecule has 1 saturated heterocycles. The van der Waals surface area contributed by atoms with Crippen molar-refractivity contribution in [2.45, 2.75) is 51.0 Å². The molecule has 2 aliphatic heterocycles. The summed E-state index contributed by atoms with van der Waals surface area (Å²) in [5.41, 5.74) is 2.00. The van der Waals surface area contributed by atoms with Crippen molar-refractivity contribution >= 4 is 17.4 Å². The second-order valence-corrected chi connectivity index (χ2v) is 7.42. The number of amides is 2. The van der Waals surface area contributed by atoms with E-state index >= 15 is 0 Å². The average molecular weight is 354 g/mol. The van der Waals surface area contributed by atoms with E-state index in [9.17, 15) is 9.59 Å². The highest BCUT2D eigenvalue weighted by Crippen LogP contribution is 2.37. The van der Waals surface area contributed by atoms with Gasteiger partial charge in [-0.1, -0.05) is 31.4 Å². The van der Waals surface area contributed by atoms with Crippen LogP contribution in [0.1, 0.15) is 50.5 Å². The zero-order chi connectivity index (χ0) is 18.1. The van der Waals surface area contributed by atoms with Crippen LogP contribution in [0.5, 0.6) is 5.75 Å². The number of methoxy groups -OCH3 is 1. The minimum absolute atomic E-state index is 0.0529. The highest BCUT2D eigenvalue weighted by Gasteiger charge is 2.45. The highest BCUT2D eigenvalue weighted by atomic mass is 16.5. The molecule has 0 unspecified atom stereocenters. The van der Waals surface area contributed by atoms with Crippen LogP contribution in [0.3, 0.4) is 0 Å². The van der Waals surface area contributed by atoms with Crippen LogP contribution in [0.25, 0.3) is 5.57 Å². The van der Waals surface area contributed by atoms with Crippen molar-refractivity contribution in [1.82, 2.24) is 9.80 Å². The van der Waals surface area contributed by atoms with Crippen LogP contribution in [0.15, 0.2) is 30.0 Å². The number of carbonyl (C=O) groups is 2. The van der Waals surface area contributed by atoms with Crippen molar-refractivity contribution in [1.29, 1.82) is 0 Å². The first kappa shape index (κ1) is 17.1. The maximum atomic E-state index is 13.3. The number of hydrogen-bond donors (Lipinski definition) is 0. The van der Waals surface area contributed by atoms with E-state index in [4.69, 9.17) is 4.74 Å². The zero-order valence-corrected chi connectivity index (χ0v) is 15.4. The quantitative estimate of drug-likeness (QED) is 0.779. The first-order chi connectivity index (χ1) is 12.7. The van der Waals surface area contributed by atoms with E-state index in [1.54, 1.807) is 12.0 Å². The number of likely N-dealkylation sites (tertiary alicyclic amines) is 1. The summed E-state index contributed by atoms with van der Waals surface area (Å²) in [4.78, 5) is 30.3. The summed E-state index contributed by atoms with van der Waals surface area (Å²) < 4.78 is 5.23. The molecule has 2 heterocycles. The number of nitrogens with zero attached hydrogens (tertiary/aromatic N) is 2. The molecule has 4 rings (SSSR count). The van der Waals surface area contributed by atoms with Crippen molar-refractivity contribution in [2.75, 3.05) is 20.2 Å². The zero-order valence-electron chi connectivity index (χ0n) is 15.4. The molecule has 2 amide bonds. The molecule has 1 aromatic carbocycles.